The second kappa shape index (κ2) is 11.1. The van der Waals surface area contributed by atoms with E-state index in [1.807, 2.05) is 24.3 Å². The van der Waals surface area contributed by atoms with Crippen molar-refractivity contribution >= 4 is 23.2 Å². The first-order chi connectivity index (χ1) is 16.5. The number of amides is 1. The van der Waals surface area contributed by atoms with E-state index in [1.54, 1.807) is 36.5 Å². The summed E-state index contributed by atoms with van der Waals surface area (Å²) in [6, 6.07) is 18.2. The molecule has 174 valence electrons. The third kappa shape index (κ3) is 6.12. The van der Waals surface area contributed by atoms with Gasteiger partial charge in [-0.05, 0) is 55.1 Å². The second-order valence-corrected chi connectivity index (χ2v) is 8.68. The van der Waals surface area contributed by atoms with Crippen molar-refractivity contribution in [2.24, 2.45) is 0 Å². The average Bonchev–Trinajstić information content (AvgIpc) is 2.85. The summed E-state index contributed by atoms with van der Waals surface area (Å²) in [5.74, 6) is 0.241. The molecule has 3 aromatic rings. The van der Waals surface area contributed by atoms with Gasteiger partial charge >= 0.3 is 0 Å². The fourth-order valence-electron chi connectivity index (χ4n) is 3.73. The number of nitriles is 1. The fraction of sp³-hybridized carbons (Fsp3) is 0.269. The molecule has 1 saturated heterocycles. The maximum atomic E-state index is 12.7. The molecule has 0 atom stereocenters. The summed E-state index contributed by atoms with van der Waals surface area (Å²) in [6.45, 7) is 5.28. The van der Waals surface area contributed by atoms with Gasteiger partial charge in [0.15, 0.2) is 0 Å². The number of carbonyl (C=O) groups excluding carboxylic acids is 1. The van der Waals surface area contributed by atoms with Crippen LogP contribution < -0.4 is 10.1 Å². The number of piperazine rings is 1. The van der Waals surface area contributed by atoms with E-state index < -0.39 is 0 Å². The van der Waals surface area contributed by atoms with Crippen molar-refractivity contribution in [3.63, 3.8) is 0 Å². The van der Waals surface area contributed by atoms with Crippen molar-refractivity contribution in [3.05, 3.63) is 88.2 Å². The van der Waals surface area contributed by atoms with Gasteiger partial charge in [-0.25, -0.2) is 0 Å². The molecule has 0 bridgehead atoms. The molecule has 1 amide bonds. The Bertz CT molecular complexity index is 1180. The molecule has 0 saturated carbocycles. The topological polar surface area (TPSA) is 81.5 Å². The molecule has 0 unspecified atom stereocenters. The number of ether oxygens (including phenoxy) is 1. The van der Waals surface area contributed by atoms with Crippen LogP contribution in [0.15, 0.2) is 60.8 Å². The van der Waals surface area contributed by atoms with E-state index >= 15 is 0 Å². The van der Waals surface area contributed by atoms with Gasteiger partial charge in [0, 0.05) is 50.2 Å². The van der Waals surface area contributed by atoms with Crippen LogP contribution in [-0.4, -0.2) is 53.9 Å². The largest absolute Gasteiger partial charge is 0.486 e. The second-order valence-electron chi connectivity index (χ2n) is 8.27. The molecule has 1 aliphatic heterocycles. The maximum Gasteiger partial charge on any atom is 0.255 e. The summed E-state index contributed by atoms with van der Waals surface area (Å²) >= 11 is 6.35. The van der Waals surface area contributed by atoms with E-state index in [2.05, 4.69) is 33.2 Å². The number of rotatable bonds is 7. The molecular formula is C26H26ClN5O2. The van der Waals surface area contributed by atoms with Crippen LogP contribution in [0.3, 0.4) is 0 Å². The van der Waals surface area contributed by atoms with Gasteiger partial charge in [0.1, 0.15) is 18.4 Å². The summed E-state index contributed by atoms with van der Waals surface area (Å²) in [6.07, 6.45) is 1.61. The third-order valence-electron chi connectivity index (χ3n) is 5.78. The summed E-state index contributed by atoms with van der Waals surface area (Å²) in [5, 5.41) is 12.4. The molecule has 1 aliphatic rings. The Morgan fingerprint density at radius 3 is 2.62 bits per heavy atom. The van der Waals surface area contributed by atoms with E-state index in [0.717, 1.165) is 32.7 Å². The first-order valence-corrected chi connectivity index (χ1v) is 11.5. The van der Waals surface area contributed by atoms with Crippen LogP contribution in [0.5, 0.6) is 5.75 Å². The number of likely N-dealkylation sites (N-methyl/N-ethyl adjacent to an activating group) is 1. The monoisotopic (exact) mass is 475 g/mol. The zero-order valence-electron chi connectivity index (χ0n) is 19.0. The van der Waals surface area contributed by atoms with Crippen molar-refractivity contribution in [2.75, 3.05) is 38.5 Å². The van der Waals surface area contributed by atoms with Gasteiger partial charge in [0.05, 0.1) is 16.3 Å². The van der Waals surface area contributed by atoms with Crippen LogP contribution in [0.25, 0.3) is 0 Å². The molecule has 7 nitrogen and oxygen atoms in total. The molecule has 0 spiro atoms. The van der Waals surface area contributed by atoms with Gasteiger partial charge in [0.25, 0.3) is 5.91 Å². The number of hydrogen-bond donors (Lipinski definition) is 1. The fourth-order valence-corrected chi connectivity index (χ4v) is 3.96. The predicted molar refractivity (Wildman–Crippen MR) is 132 cm³/mol. The van der Waals surface area contributed by atoms with Crippen molar-refractivity contribution in [3.8, 4) is 11.8 Å². The number of hydrogen-bond acceptors (Lipinski definition) is 6. The Balaban J connectivity index is 1.33. The lowest BCUT2D eigenvalue weighted by molar-refractivity contribution is 0.102. The summed E-state index contributed by atoms with van der Waals surface area (Å²) in [7, 11) is 2.14. The number of anilines is 1. The van der Waals surface area contributed by atoms with Crippen LogP contribution in [0.4, 0.5) is 5.69 Å². The maximum absolute atomic E-state index is 12.7. The lowest BCUT2D eigenvalue weighted by Gasteiger charge is -2.32. The van der Waals surface area contributed by atoms with Crippen molar-refractivity contribution in [1.29, 1.82) is 5.26 Å². The first-order valence-electron chi connectivity index (χ1n) is 11.1. The Morgan fingerprint density at radius 1 is 1.15 bits per heavy atom. The SMILES string of the molecule is CN1CCN(Cc2ccc(C(=O)Nc3ccc(OCc4ncccc4C#N)c(Cl)c3)cc2)CC1. The molecule has 2 heterocycles. The van der Waals surface area contributed by atoms with Gasteiger partial charge in [-0.1, -0.05) is 23.7 Å². The highest BCUT2D eigenvalue weighted by Crippen LogP contribution is 2.29. The van der Waals surface area contributed by atoms with Gasteiger partial charge in [0.2, 0.25) is 0 Å². The van der Waals surface area contributed by atoms with E-state index in [1.165, 1.54) is 5.56 Å². The Morgan fingerprint density at radius 2 is 1.91 bits per heavy atom. The minimum absolute atomic E-state index is 0.121. The third-order valence-corrected chi connectivity index (χ3v) is 6.08. The minimum atomic E-state index is -0.206. The number of halogens is 1. The highest BCUT2D eigenvalue weighted by molar-refractivity contribution is 6.32. The summed E-state index contributed by atoms with van der Waals surface area (Å²) < 4.78 is 5.73. The normalized spacial score (nSPS) is 14.4. The molecule has 0 aliphatic carbocycles. The average molecular weight is 476 g/mol. The molecule has 1 fully saturated rings. The Labute approximate surface area is 204 Å². The van der Waals surface area contributed by atoms with E-state index in [9.17, 15) is 4.79 Å². The molecule has 2 aromatic carbocycles. The number of carbonyl (C=O) groups is 1. The lowest BCUT2D eigenvalue weighted by Crippen LogP contribution is -2.43. The molecule has 8 heteroatoms. The number of nitrogens with zero attached hydrogens (tertiary/aromatic N) is 4. The molecule has 4 rings (SSSR count). The van der Waals surface area contributed by atoms with Crippen LogP contribution in [0.2, 0.25) is 5.02 Å². The number of aromatic nitrogens is 1. The quantitative estimate of drug-likeness (QED) is 0.552. The van der Waals surface area contributed by atoms with Gasteiger partial charge in [-0.15, -0.1) is 0 Å². The highest BCUT2D eigenvalue weighted by atomic mass is 35.5. The standard InChI is InChI=1S/C26H26ClN5O2/c1-31-11-13-32(14-12-31)17-19-4-6-20(7-5-19)26(33)30-22-8-9-25(23(27)15-22)34-18-24-21(16-28)3-2-10-29-24/h2-10,15H,11-14,17-18H2,1H3,(H,30,33). The lowest BCUT2D eigenvalue weighted by atomic mass is 10.1. The van der Waals surface area contributed by atoms with Crippen molar-refractivity contribution in [1.82, 2.24) is 14.8 Å². The van der Waals surface area contributed by atoms with E-state index in [0.29, 0.717) is 33.3 Å². The van der Waals surface area contributed by atoms with Crippen molar-refractivity contribution in [2.45, 2.75) is 13.2 Å². The van der Waals surface area contributed by atoms with Crippen molar-refractivity contribution < 1.29 is 9.53 Å². The van der Waals surface area contributed by atoms with E-state index in [4.69, 9.17) is 21.6 Å². The summed E-state index contributed by atoms with van der Waals surface area (Å²) in [5.41, 5.74) is 3.34. The molecule has 1 N–H and O–H groups in total. The number of pyridine rings is 1. The van der Waals surface area contributed by atoms with Crippen LogP contribution in [0, 0.1) is 11.3 Å². The van der Waals surface area contributed by atoms with Gasteiger partial charge in [-0.3, -0.25) is 14.7 Å². The van der Waals surface area contributed by atoms with E-state index in [-0.39, 0.29) is 12.5 Å². The minimum Gasteiger partial charge on any atom is -0.486 e. The Kier molecular flexibility index (Phi) is 7.76. The Hall–Kier alpha value is -3.44. The highest BCUT2D eigenvalue weighted by Gasteiger charge is 2.14. The molecule has 34 heavy (non-hydrogen) atoms. The van der Waals surface area contributed by atoms with Gasteiger partial charge < -0.3 is 15.0 Å². The van der Waals surface area contributed by atoms with Crippen LogP contribution in [-0.2, 0) is 13.2 Å². The van der Waals surface area contributed by atoms with Crippen LogP contribution in [0.1, 0.15) is 27.2 Å². The first kappa shape index (κ1) is 23.7. The zero-order valence-corrected chi connectivity index (χ0v) is 19.8. The summed E-state index contributed by atoms with van der Waals surface area (Å²) in [4.78, 5) is 21.6. The smallest absolute Gasteiger partial charge is 0.255 e. The zero-order chi connectivity index (χ0) is 23.9. The molecule has 0 radical (unpaired) electrons. The molecular weight excluding hydrogens is 450 g/mol. The molecule has 1 aromatic heterocycles. The number of benzene rings is 2. The van der Waals surface area contributed by atoms with Gasteiger partial charge in [-0.2, -0.15) is 5.26 Å². The number of nitrogens with one attached hydrogen (secondary N) is 1. The predicted octanol–water partition coefficient (Wildman–Crippen LogP) is 4.19. The van der Waals surface area contributed by atoms with Crippen LogP contribution >= 0.6 is 11.6 Å².